The van der Waals surface area contributed by atoms with Crippen LogP contribution in [0.5, 0.6) is 0 Å². The molecule has 0 bridgehead atoms. The van der Waals surface area contributed by atoms with Gasteiger partial charge in [-0.25, -0.2) is 0 Å². The highest BCUT2D eigenvalue weighted by molar-refractivity contribution is 6.38. The van der Waals surface area contributed by atoms with Crippen LogP contribution < -0.4 is 16.4 Å². The molecule has 1 amide bonds. The fraction of sp³-hybridized carbons (Fsp3) is 0.500. The van der Waals surface area contributed by atoms with Crippen molar-refractivity contribution in [3.8, 4) is 0 Å². The molecule has 0 fully saturated rings. The Morgan fingerprint density at radius 2 is 1.82 bits per heavy atom. The summed E-state index contributed by atoms with van der Waals surface area (Å²) in [4.78, 5) is 15.4. The molecule has 2 rings (SSSR count). The summed E-state index contributed by atoms with van der Waals surface area (Å²) in [6.45, 7) is 4.23. The first kappa shape index (κ1) is 27.3. The number of pyridine rings is 1. The van der Waals surface area contributed by atoms with Gasteiger partial charge in [-0.05, 0) is 62.1 Å². The molecule has 1 aromatic carbocycles. The van der Waals surface area contributed by atoms with Crippen LogP contribution in [0.25, 0.3) is 0 Å². The summed E-state index contributed by atoms with van der Waals surface area (Å²) in [7, 11) is 0. The number of nitrogen functional groups attached to an aromatic ring is 1. The fourth-order valence-electron chi connectivity index (χ4n) is 3.27. The van der Waals surface area contributed by atoms with Gasteiger partial charge in [0.15, 0.2) is 0 Å². The minimum Gasteiger partial charge on any atom is -0.396 e. The molecule has 0 aliphatic heterocycles. The number of carbonyl (C=O) groups excluding carboxylic acids is 1. The summed E-state index contributed by atoms with van der Waals surface area (Å²) < 4.78 is 5.70. The molecule has 0 saturated carbocycles. The lowest BCUT2D eigenvalue weighted by atomic mass is 10.1. The molecule has 182 valence electrons. The normalized spacial score (nSPS) is 12.0. The van der Waals surface area contributed by atoms with Gasteiger partial charge in [0.05, 0.1) is 33.7 Å². The summed E-state index contributed by atoms with van der Waals surface area (Å²) in [6, 6.07) is 7.09. The van der Waals surface area contributed by atoms with Crippen molar-refractivity contribution in [2.24, 2.45) is 0 Å². The van der Waals surface area contributed by atoms with E-state index in [-0.39, 0.29) is 5.91 Å². The second kappa shape index (κ2) is 15.1. The van der Waals surface area contributed by atoms with Crippen LogP contribution in [0.2, 0.25) is 10.0 Å². The van der Waals surface area contributed by atoms with Gasteiger partial charge in [0, 0.05) is 32.4 Å². The van der Waals surface area contributed by atoms with Crippen LogP contribution in [-0.2, 0) is 16.0 Å². The lowest BCUT2D eigenvalue weighted by molar-refractivity contribution is -0.114. The number of aliphatic hydroxyl groups is 1. The van der Waals surface area contributed by atoms with Crippen molar-refractivity contribution >= 4 is 40.5 Å². The summed E-state index contributed by atoms with van der Waals surface area (Å²) in [6.07, 6.45) is 7.06. The zero-order valence-electron chi connectivity index (χ0n) is 19.1. The molecule has 0 spiro atoms. The molecule has 9 heteroatoms. The second-order valence-corrected chi connectivity index (χ2v) is 8.78. The lowest BCUT2D eigenvalue weighted by Gasteiger charge is -2.14. The van der Waals surface area contributed by atoms with E-state index in [4.69, 9.17) is 33.7 Å². The highest BCUT2D eigenvalue weighted by Crippen LogP contribution is 2.31. The molecule has 0 saturated heterocycles. The Morgan fingerprint density at radius 1 is 1.12 bits per heavy atom. The third-order valence-electron chi connectivity index (χ3n) is 5.08. The van der Waals surface area contributed by atoms with E-state index in [0.717, 1.165) is 57.4 Å². The van der Waals surface area contributed by atoms with Crippen molar-refractivity contribution in [3.05, 3.63) is 51.8 Å². The van der Waals surface area contributed by atoms with Gasteiger partial charge in [0.25, 0.3) is 0 Å². The van der Waals surface area contributed by atoms with E-state index in [0.29, 0.717) is 40.1 Å². The van der Waals surface area contributed by atoms with Crippen LogP contribution in [0.3, 0.4) is 0 Å². The Hall–Kier alpha value is -1.90. The number of ether oxygens (including phenoxy) is 1. The van der Waals surface area contributed by atoms with Crippen LogP contribution in [0.15, 0.2) is 30.5 Å². The standard InChI is InChI=1S/C24H34Cl2N4O3/c1-17(31)30-20-9-8-19(29-15-20)7-6-12-33-11-5-3-2-4-10-28-16-23(32)18-13-21(25)24(27)22(26)14-18/h8-9,13-15,23,28,32H,2-7,10-12,16,27H2,1H3,(H,30,31). The van der Waals surface area contributed by atoms with Gasteiger partial charge in [-0.1, -0.05) is 36.0 Å². The number of nitrogens with zero attached hydrogens (tertiary/aromatic N) is 1. The number of unbranched alkanes of at least 4 members (excludes halogenated alkanes) is 3. The molecule has 1 heterocycles. The lowest BCUT2D eigenvalue weighted by Crippen LogP contribution is -2.22. The Balaban J connectivity index is 1.43. The number of aryl methyl sites for hydroxylation is 1. The Bertz CT molecular complexity index is 842. The highest BCUT2D eigenvalue weighted by Gasteiger charge is 2.11. The third kappa shape index (κ3) is 10.7. The van der Waals surface area contributed by atoms with Gasteiger partial charge < -0.3 is 26.2 Å². The van der Waals surface area contributed by atoms with Crippen LogP contribution in [0.1, 0.15) is 56.4 Å². The number of nitrogens with one attached hydrogen (secondary N) is 2. The number of hydrogen-bond donors (Lipinski definition) is 4. The van der Waals surface area contributed by atoms with Gasteiger partial charge in [-0.2, -0.15) is 0 Å². The highest BCUT2D eigenvalue weighted by atomic mass is 35.5. The maximum atomic E-state index is 11.0. The van der Waals surface area contributed by atoms with Crippen LogP contribution in [-0.4, -0.2) is 42.3 Å². The minimum atomic E-state index is -0.681. The SMILES string of the molecule is CC(=O)Nc1ccc(CCCOCCCCCCNCC(O)c2cc(Cl)c(N)c(Cl)c2)nc1. The first-order valence-electron chi connectivity index (χ1n) is 11.3. The Kier molecular flexibility index (Phi) is 12.5. The van der Waals surface area contributed by atoms with E-state index in [9.17, 15) is 9.90 Å². The number of carbonyl (C=O) groups is 1. The zero-order valence-corrected chi connectivity index (χ0v) is 20.6. The number of rotatable bonds is 15. The molecule has 7 nitrogen and oxygen atoms in total. The van der Waals surface area contributed by atoms with Crippen molar-refractivity contribution < 1.29 is 14.6 Å². The van der Waals surface area contributed by atoms with Gasteiger partial charge in [0.2, 0.25) is 5.91 Å². The van der Waals surface area contributed by atoms with Crippen molar-refractivity contribution in [3.63, 3.8) is 0 Å². The van der Waals surface area contributed by atoms with Gasteiger partial charge in [-0.15, -0.1) is 0 Å². The molecule has 1 aromatic heterocycles. The van der Waals surface area contributed by atoms with E-state index in [1.807, 2.05) is 12.1 Å². The number of amides is 1. The van der Waals surface area contributed by atoms with Crippen LogP contribution in [0, 0.1) is 0 Å². The third-order valence-corrected chi connectivity index (χ3v) is 5.71. The first-order valence-corrected chi connectivity index (χ1v) is 12.1. The number of aliphatic hydroxyl groups excluding tert-OH is 1. The molecule has 2 aromatic rings. The van der Waals surface area contributed by atoms with E-state index >= 15 is 0 Å². The van der Waals surface area contributed by atoms with Crippen molar-refractivity contribution in [1.29, 1.82) is 0 Å². The average molecular weight is 497 g/mol. The molecular weight excluding hydrogens is 463 g/mol. The predicted octanol–water partition coefficient (Wildman–Crippen LogP) is 4.76. The van der Waals surface area contributed by atoms with E-state index in [2.05, 4.69) is 15.6 Å². The summed E-state index contributed by atoms with van der Waals surface area (Å²) in [5, 5.41) is 16.9. The molecule has 5 N–H and O–H groups in total. The minimum absolute atomic E-state index is 0.0983. The topological polar surface area (TPSA) is 110 Å². The predicted molar refractivity (Wildman–Crippen MR) is 135 cm³/mol. The average Bonchev–Trinajstić information content (AvgIpc) is 2.78. The molecular formula is C24H34Cl2N4O3. The van der Waals surface area contributed by atoms with E-state index < -0.39 is 6.10 Å². The van der Waals surface area contributed by atoms with Gasteiger partial charge >= 0.3 is 0 Å². The molecule has 0 aliphatic carbocycles. The van der Waals surface area contributed by atoms with Crippen LogP contribution >= 0.6 is 23.2 Å². The largest absolute Gasteiger partial charge is 0.396 e. The zero-order chi connectivity index (χ0) is 24.1. The monoisotopic (exact) mass is 496 g/mol. The van der Waals surface area contributed by atoms with E-state index in [1.165, 1.54) is 6.92 Å². The fourth-order valence-corrected chi connectivity index (χ4v) is 3.77. The summed E-state index contributed by atoms with van der Waals surface area (Å²) in [5.74, 6) is -0.0983. The summed E-state index contributed by atoms with van der Waals surface area (Å²) in [5.41, 5.74) is 8.41. The number of nitrogens with two attached hydrogens (primary N) is 1. The van der Waals surface area contributed by atoms with Crippen LogP contribution in [0.4, 0.5) is 11.4 Å². The summed E-state index contributed by atoms with van der Waals surface area (Å²) >= 11 is 12.0. The van der Waals surface area contributed by atoms with Gasteiger partial charge in [0.1, 0.15) is 0 Å². The number of anilines is 2. The molecule has 1 atom stereocenters. The molecule has 33 heavy (non-hydrogen) atoms. The molecule has 0 aliphatic rings. The molecule has 1 unspecified atom stereocenters. The number of halogens is 2. The molecule has 0 radical (unpaired) electrons. The number of benzene rings is 1. The maximum absolute atomic E-state index is 11.0. The first-order chi connectivity index (χ1) is 15.9. The van der Waals surface area contributed by atoms with Crippen molar-refractivity contribution in [1.82, 2.24) is 10.3 Å². The number of aromatic nitrogens is 1. The Morgan fingerprint density at radius 3 is 2.48 bits per heavy atom. The smallest absolute Gasteiger partial charge is 0.221 e. The Labute approximate surface area is 206 Å². The number of hydrogen-bond acceptors (Lipinski definition) is 6. The van der Waals surface area contributed by atoms with Crippen molar-refractivity contribution in [2.45, 2.75) is 51.6 Å². The van der Waals surface area contributed by atoms with Gasteiger partial charge in [-0.3, -0.25) is 9.78 Å². The second-order valence-electron chi connectivity index (χ2n) is 7.97. The quantitative estimate of drug-likeness (QED) is 0.209. The maximum Gasteiger partial charge on any atom is 0.221 e. The van der Waals surface area contributed by atoms with Crippen molar-refractivity contribution in [2.75, 3.05) is 37.4 Å². The van der Waals surface area contributed by atoms with E-state index in [1.54, 1.807) is 18.3 Å².